The molecule has 1 unspecified atom stereocenters. The van der Waals surface area contributed by atoms with E-state index in [0.29, 0.717) is 6.42 Å². The van der Waals surface area contributed by atoms with Gasteiger partial charge in [0.05, 0.1) is 17.0 Å². The fraction of sp³-hybridized carbons (Fsp3) is 0.619. The standard InChI is InChI=1S/C21H30N2O4S/c1-3-4-5-12-21(13-6-7-14-21)20(28)22-18(19(24)27-2)15-16-8-10-17(11-9-16)23(25)26/h8-11,18H,3-7,12-15H2,1-2H3,(H,22,28). The normalized spacial score (nSPS) is 16.4. The number of unbranched alkanes of at least 4 members (excludes halogenated alkanes) is 2. The van der Waals surface area contributed by atoms with E-state index in [4.69, 9.17) is 17.0 Å². The lowest BCUT2D eigenvalue weighted by molar-refractivity contribution is -0.384. The van der Waals surface area contributed by atoms with E-state index >= 15 is 0 Å². The maximum atomic E-state index is 12.4. The van der Waals surface area contributed by atoms with Crippen molar-refractivity contribution in [2.75, 3.05) is 7.11 Å². The van der Waals surface area contributed by atoms with Crippen LogP contribution in [0.4, 0.5) is 5.69 Å². The Kier molecular flexibility index (Phi) is 8.35. The number of nitro groups is 1. The highest BCUT2D eigenvalue weighted by atomic mass is 32.1. The van der Waals surface area contributed by atoms with Crippen molar-refractivity contribution >= 4 is 28.9 Å². The summed E-state index contributed by atoms with van der Waals surface area (Å²) in [7, 11) is 1.36. The van der Waals surface area contributed by atoms with Gasteiger partial charge < -0.3 is 10.1 Å². The number of nitrogens with one attached hydrogen (secondary N) is 1. The van der Waals surface area contributed by atoms with Crippen LogP contribution in [-0.2, 0) is 16.0 Å². The molecule has 1 fully saturated rings. The van der Waals surface area contributed by atoms with E-state index in [0.717, 1.165) is 36.2 Å². The lowest BCUT2D eigenvalue weighted by Crippen LogP contribution is -2.48. The number of esters is 1. The average molecular weight is 407 g/mol. The van der Waals surface area contributed by atoms with Gasteiger partial charge in [-0.3, -0.25) is 10.1 Å². The summed E-state index contributed by atoms with van der Waals surface area (Å²) < 4.78 is 4.97. The van der Waals surface area contributed by atoms with Crippen molar-refractivity contribution in [1.29, 1.82) is 0 Å². The minimum absolute atomic E-state index is 0.0216. The van der Waals surface area contributed by atoms with Crippen molar-refractivity contribution in [3.63, 3.8) is 0 Å². The van der Waals surface area contributed by atoms with E-state index in [1.807, 2.05) is 0 Å². The molecule has 2 rings (SSSR count). The highest BCUT2D eigenvalue weighted by Crippen LogP contribution is 2.43. The molecule has 6 nitrogen and oxygen atoms in total. The quantitative estimate of drug-likeness (QED) is 0.199. The number of methoxy groups -OCH3 is 1. The molecule has 7 heteroatoms. The third-order valence-corrected chi connectivity index (χ3v) is 6.23. The van der Waals surface area contributed by atoms with E-state index < -0.39 is 11.0 Å². The highest BCUT2D eigenvalue weighted by Gasteiger charge is 2.39. The summed E-state index contributed by atoms with van der Waals surface area (Å²) in [5.74, 6) is -0.373. The van der Waals surface area contributed by atoms with Crippen molar-refractivity contribution in [3.05, 3.63) is 39.9 Å². The molecule has 1 aliphatic rings. The first kappa shape index (κ1) is 22.3. The van der Waals surface area contributed by atoms with Gasteiger partial charge in [0.2, 0.25) is 0 Å². The van der Waals surface area contributed by atoms with Crippen molar-refractivity contribution in [1.82, 2.24) is 5.32 Å². The van der Waals surface area contributed by atoms with E-state index in [9.17, 15) is 14.9 Å². The molecular weight excluding hydrogens is 376 g/mol. The zero-order valence-corrected chi connectivity index (χ0v) is 17.6. The first-order chi connectivity index (χ1) is 13.4. The van der Waals surface area contributed by atoms with Crippen molar-refractivity contribution in [3.8, 4) is 0 Å². The van der Waals surface area contributed by atoms with Gasteiger partial charge in [0, 0.05) is 24.0 Å². The summed E-state index contributed by atoms with van der Waals surface area (Å²) in [5.41, 5.74) is 0.831. The molecule has 1 N–H and O–H groups in total. The zero-order chi connectivity index (χ0) is 20.6. The molecule has 1 aliphatic carbocycles. The number of nitrogens with zero attached hydrogens (tertiary/aromatic N) is 1. The number of thiocarbonyl (C=S) groups is 1. The SMILES string of the molecule is CCCCCC1(C(=S)NC(Cc2ccc([N+](=O)[O-])cc2)C(=O)OC)CCCC1. The van der Waals surface area contributed by atoms with Crippen LogP contribution in [-0.4, -0.2) is 29.0 Å². The van der Waals surface area contributed by atoms with Crippen LogP contribution < -0.4 is 5.32 Å². The number of benzene rings is 1. The lowest BCUT2D eigenvalue weighted by atomic mass is 9.80. The van der Waals surface area contributed by atoms with Gasteiger partial charge in [-0.2, -0.15) is 0 Å². The smallest absolute Gasteiger partial charge is 0.328 e. The largest absolute Gasteiger partial charge is 0.467 e. The zero-order valence-electron chi connectivity index (χ0n) is 16.7. The minimum atomic E-state index is -0.595. The molecule has 0 aliphatic heterocycles. The number of ether oxygens (including phenoxy) is 1. The second kappa shape index (κ2) is 10.5. The molecule has 1 aromatic rings. The Balaban J connectivity index is 2.10. The Labute approximate surface area is 172 Å². The van der Waals surface area contributed by atoms with Gasteiger partial charge in [0.1, 0.15) is 6.04 Å². The summed E-state index contributed by atoms with van der Waals surface area (Å²) in [6, 6.07) is 5.65. The number of carbonyl (C=O) groups is 1. The van der Waals surface area contributed by atoms with Gasteiger partial charge in [-0.15, -0.1) is 0 Å². The Morgan fingerprint density at radius 2 is 1.93 bits per heavy atom. The van der Waals surface area contributed by atoms with Crippen molar-refractivity contribution in [2.24, 2.45) is 5.41 Å². The summed E-state index contributed by atoms with van der Waals surface area (Å²) >= 11 is 5.78. The second-order valence-corrected chi connectivity index (χ2v) is 8.03. The third kappa shape index (κ3) is 5.74. The Bertz CT molecular complexity index is 684. The van der Waals surface area contributed by atoms with Crippen LogP contribution in [0.2, 0.25) is 0 Å². The van der Waals surface area contributed by atoms with Crippen LogP contribution in [0.1, 0.15) is 63.9 Å². The van der Waals surface area contributed by atoms with Crippen LogP contribution in [0.5, 0.6) is 0 Å². The van der Waals surface area contributed by atoms with E-state index in [-0.39, 0.29) is 17.1 Å². The van der Waals surface area contributed by atoms with Gasteiger partial charge in [-0.05, 0) is 24.8 Å². The molecule has 0 amide bonds. The fourth-order valence-electron chi connectivity index (χ4n) is 3.99. The first-order valence-electron chi connectivity index (χ1n) is 10.0. The Hall–Kier alpha value is -2.02. The monoisotopic (exact) mass is 406 g/mol. The number of nitro benzene ring substituents is 1. The van der Waals surface area contributed by atoms with Crippen molar-refractivity contribution in [2.45, 2.75) is 70.8 Å². The summed E-state index contributed by atoms with van der Waals surface area (Å²) in [6.07, 6.45) is 9.38. The van der Waals surface area contributed by atoms with Crippen LogP contribution in [0.15, 0.2) is 24.3 Å². The highest BCUT2D eigenvalue weighted by molar-refractivity contribution is 7.80. The molecule has 0 aromatic heterocycles. The Morgan fingerprint density at radius 1 is 1.29 bits per heavy atom. The molecule has 0 radical (unpaired) electrons. The molecule has 0 bridgehead atoms. The molecule has 1 saturated carbocycles. The molecule has 28 heavy (non-hydrogen) atoms. The van der Waals surface area contributed by atoms with Gasteiger partial charge in [0.15, 0.2) is 0 Å². The molecular formula is C21H30N2O4S. The molecule has 1 aromatic carbocycles. The van der Waals surface area contributed by atoms with Gasteiger partial charge in [0.25, 0.3) is 5.69 Å². The van der Waals surface area contributed by atoms with Gasteiger partial charge in [-0.1, -0.05) is 63.4 Å². The molecule has 0 saturated heterocycles. The second-order valence-electron chi connectivity index (χ2n) is 7.62. The predicted molar refractivity (Wildman–Crippen MR) is 113 cm³/mol. The van der Waals surface area contributed by atoms with Crippen LogP contribution in [0, 0.1) is 15.5 Å². The van der Waals surface area contributed by atoms with Gasteiger partial charge >= 0.3 is 5.97 Å². The van der Waals surface area contributed by atoms with E-state index in [1.165, 1.54) is 44.9 Å². The van der Waals surface area contributed by atoms with Crippen LogP contribution in [0.3, 0.4) is 0 Å². The number of hydrogen-bond acceptors (Lipinski definition) is 5. The number of hydrogen-bond donors (Lipinski definition) is 1. The maximum Gasteiger partial charge on any atom is 0.328 e. The average Bonchev–Trinajstić information content (AvgIpc) is 3.17. The van der Waals surface area contributed by atoms with E-state index in [1.54, 1.807) is 12.1 Å². The van der Waals surface area contributed by atoms with Crippen LogP contribution >= 0.6 is 12.2 Å². The topological polar surface area (TPSA) is 81.5 Å². The van der Waals surface area contributed by atoms with Crippen molar-refractivity contribution < 1.29 is 14.5 Å². The number of non-ortho nitro benzene ring substituents is 1. The lowest BCUT2D eigenvalue weighted by Gasteiger charge is -2.32. The summed E-state index contributed by atoms with van der Waals surface area (Å²) in [5, 5.41) is 14.1. The minimum Gasteiger partial charge on any atom is -0.467 e. The molecule has 1 atom stereocenters. The Morgan fingerprint density at radius 3 is 2.46 bits per heavy atom. The first-order valence-corrected chi connectivity index (χ1v) is 10.4. The summed E-state index contributed by atoms with van der Waals surface area (Å²) in [6.45, 7) is 2.19. The van der Waals surface area contributed by atoms with E-state index in [2.05, 4.69) is 12.2 Å². The fourth-order valence-corrected chi connectivity index (χ4v) is 4.44. The molecule has 0 heterocycles. The third-order valence-electron chi connectivity index (χ3n) is 5.68. The molecule has 154 valence electrons. The maximum absolute atomic E-state index is 12.4. The number of rotatable bonds is 10. The van der Waals surface area contributed by atoms with Gasteiger partial charge in [-0.25, -0.2) is 4.79 Å². The van der Waals surface area contributed by atoms with Crippen LogP contribution in [0.25, 0.3) is 0 Å². The number of carbonyl (C=O) groups excluding carboxylic acids is 1. The predicted octanol–water partition coefficient (Wildman–Crippen LogP) is 4.74. The molecule has 0 spiro atoms. The summed E-state index contributed by atoms with van der Waals surface area (Å²) in [4.78, 5) is 23.5.